The van der Waals surface area contributed by atoms with Crippen molar-refractivity contribution in [3.8, 4) is 0 Å². The normalized spacial score (nSPS) is 17.0. The summed E-state index contributed by atoms with van der Waals surface area (Å²) in [5.74, 6) is -0.228. The third kappa shape index (κ3) is 3.75. The van der Waals surface area contributed by atoms with E-state index in [2.05, 4.69) is 25.2 Å². The molecule has 136 valence electrons. The van der Waals surface area contributed by atoms with Gasteiger partial charge in [0.15, 0.2) is 0 Å². The van der Waals surface area contributed by atoms with Crippen LogP contribution in [0.15, 0.2) is 42.5 Å². The SMILES string of the molecule is Cc1cccc(C(C)C)c1N1CC(C(=O)Nc2cccc(Cl)c2)CC1=O. The molecular weight excluding hydrogens is 348 g/mol. The van der Waals surface area contributed by atoms with E-state index in [1.807, 2.05) is 19.1 Å². The lowest BCUT2D eigenvalue weighted by atomic mass is 9.97. The van der Waals surface area contributed by atoms with Crippen molar-refractivity contribution in [2.24, 2.45) is 5.92 Å². The minimum Gasteiger partial charge on any atom is -0.326 e. The molecular formula is C21H23ClN2O2. The van der Waals surface area contributed by atoms with E-state index < -0.39 is 0 Å². The van der Waals surface area contributed by atoms with Gasteiger partial charge in [-0.3, -0.25) is 9.59 Å². The molecule has 1 atom stereocenters. The summed E-state index contributed by atoms with van der Waals surface area (Å²) in [5.41, 5.74) is 3.78. The Bertz CT molecular complexity index is 848. The summed E-state index contributed by atoms with van der Waals surface area (Å²) in [4.78, 5) is 27.0. The quantitative estimate of drug-likeness (QED) is 0.843. The second-order valence-electron chi connectivity index (χ2n) is 7.07. The summed E-state index contributed by atoms with van der Waals surface area (Å²) >= 11 is 5.97. The molecule has 5 heteroatoms. The highest BCUT2D eigenvalue weighted by molar-refractivity contribution is 6.30. The van der Waals surface area contributed by atoms with Crippen LogP contribution >= 0.6 is 11.6 Å². The molecule has 2 aromatic carbocycles. The van der Waals surface area contributed by atoms with Crippen LogP contribution in [0.2, 0.25) is 5.02 Å². The van der Waals surface area contributed by atoms with Crippen LogP contribution < -0.4 is 10.2 Å². The summed E-state index contributed by atoms with van der Waals surface area (Å²) in [5, 5.41) is 3.43. The molecule has 1 fully saturated rings. The van der Waals surface area contributed by atoms with Crippen molar-refractivity contribution in [3.63, 3.8) is 0 Å². The molecule has 1 N–H and O–H groups in total. The maximum Gasteiger partial charge on any atom is 0.229 e. The zero-order chi connectivity index (χ0) is 18.8. The third-order valence-corrected chi connectivity index (χ3v) is 4.98. The van der Waals surface area contributed by atoms with Gasteiger partial charge in [0.05, 0.1) is 5.92 Å². The Morgan fingerprint density at radius 1 is 1.23 bits per heavy atom. The highest BCUT2D eigenvalue weighted by Gasteiger charge is 2.36. The van der Waals surface area contributed by atoms with Crippen LogP contribution in [0.4, 0.5) is 11.4 Å². The fourth-order valence-electron chi connectivity index (χ4n) is 3.43. The number of hydrogen-bond acceptors (Lipinski definition) is 2. The summed E-state index contributed by atoms with van der Waals surface area (Å²) < 4.78 is 0. The largest absolute Gasteiger partial charge is 0.326 e. The van der Waals surface area contributed by atoms with Gasteiger partial charge in [0.1, 0.15) is 0 Å². The number of carbonyl (C=O) groups excluding carboxylic acids is 2. The van der Waals surface area contributed by atoms with Crippen molar-refractivity contribution in [2.75, 3.05) is 16.8 Å². The first kappa shape index (κ1) is 18.5. The van der Waals surface area contributed by atoms with Gasteiger partial charge in [-0.1, -0.05) is 49.7 Å². The maximum absolute atomic E-state index is 12.6. The van der Waals surface area contributed by atoms with Gasteiger partial charge in [0.25, 0.3) is 0 Å². The second kappa shape index (κ2) is 7.50. The van der Waals surface area contributed by atoms with E-state index in [1.165, 1.54) is 0 Å². The molecule has 1 heterocycles. The number of hydrogen-bond donors (Lipinski definition) is 1. The Morgan fingerprint density at radius 2 is 1.96 bits per heavy atom. The van der Waals surface area contributed by atoms with E-state index in [4.69, 9.17) is 11.6 Å². The number of nitrogens with zero attached hydrogens (tertiary/aromatic N) is 1. The number of amides is 2. The topological polar surface area (TPSA) is 49.4 Å². The molecule has 0 bridgehead atoms. The van der Waals surface area contributed by atoms with Gasteiger partial charge in [0, 0.05) is 29.4 Å². The predicted octanol–water partition coefficient (Wildman–Crippen LogP) is 4.76. The fourth-order valence-corrected chi connectivity index (χ4v) is 3.62. The Balaban J connectivity index is 1.80. The molecule has 0 aromatic heterocycles. The van der Waals surface area contributed by atoms with Gasteiger partial charge >= 0.3 is 0 Å². The van der Waals surface area contributed by atoms with Crippen LogP contribution in [-0.4, -0.2) is 18.4 Å². The maximum atomic E-state index is 12.6. The van der Waals surface area contributed by atoms with Crippen LogP contribution in [0.5, 0.6) is 0 Å². The van der Waals surface area contributed by atoms with Gasteiger partial charge in [-0.15, -0.1) is 0 Å². The monoisotopic (exact) mass is 370 g/mol. The van der Waals surface area contributed by atoms with E-state index >= 15 is 0 Å². The highest BCUT2D eigenvalue weighted by Crippen LogP contribution is 2.35. The predicted molar refractivity (Wildman–Crippen MR) is 106 cm³/mol. The number of para-hydroxylation sites is 1. The third-order valence-electron chi connectivity index (χ3n) is 4.75. The van der Waals surface area contributed by atoms with Gasteiger partial charge in [-0.05, 0) is 42.2 Å². The van der Waals surface area contributed by atoms with Crippen molar-refractivity contribution in [1.29, 1.82) is 0 Å². The Labute approximate surface area is 159 Å². The first-order valence-corrected chi connectivity index (χ1v) is 9.21. The molecule has 3 rings (SSSR count). The first-order chi connectivity index (χ1) is 12.4. The van der Waals surface area contributed by atoms with E-state index in [-0.39, 0.29) is 24.2 Å². The summed E-state index contributed by atoms with van der Waals surface area (Å²) in [6.07, 6.45) is 0.221. The number of carbonyl (C=O) groups is 2. The van der Waals surface area contributed by atoms with Gasteiger partial charge in [0.2, 0.25) is 11.8 Å². The van der Waals surface area contributed by atoms with Gasteiger partial charge < -0.3 is 10.2 Å². The van der Waals surface area contributed by atoms with E-state index in [1.54, 1.807) is 29.2 Å². The molecule has 1 aliphatic rings. The van der Waals surface area contributed by atoms with Crippen LogP contribution in [0.3, 0.4) is 0 Å². The smallest absolute Gasteiger partial charge is 0.229 e. The molecule has 2 aromatic rings. The molecule has 0 saturated carbocycles. The number of rotatable bonds is 4. The second-order valence-corrected chi connectivity index (χ2v) is 7.51. The molecule has 0 spiro atoms. The molecule has 4 nitrogen and oxygen atoms in total. The molecule has 0 aliphatic carbocycles. The molecule has 0 radical (unpaired) electrons. The molecule has 1 aliphatic heterocycles. The number of benzene rings is 2. The summed E-state index contributed by atoms with van der Waals surface area (Å²) in [6.45, 7) is 6.63. The average molecular weight is 371 g/mol. The standard InChI is InChI=1S/C21H23ClN2O2/c1-13(2)18-9-4-6-14(3)20(18)24-12-15(10-19(24)25)21(26)23-17-8-5-7-16(22)11-17/h4-9,11,13,15H,10,12H2,1-3H3,(H,23,26). The Morgan fingerprint density at radius 3 is 2.65 bits per heavy atom. The number of nitrogens with one attached hydrogen (secondary N) is 1. The van der Waals surface area contributed by atoms with E-state index in [0.717, 1.165) is 16.8 Å². The summed E-state index contributed by atoms with van der Waals surface area (Å²) in [6, 6.07) is 13.1. The van der Waals surface area contributed by atoms with E-state index in [0.29, 0.717) is 23.2 Å². The van der Waals surface area contributed by atoms with Crippen LogP contribution in [0, 0.1) is 12.8 Å². The van der Waals surface area contributed by atoms with Crippen LogP contribution in [0.25, 0.3) is 0 Å². The van der Waals surface area contributed by atoms with Crippen molar-refractivity contribution >= 4 is 34.8 Å². The Kier molecular flexibility index (Phi) is 5.33. The first-order valence-electron chi connectivity index (χ1n) is 8.83. The van der Waals surface area contributed by atoms with Crippen molar-refractivity contribution in [2.45, 2.75) is 33.1 Å². The molecule has 1 saturated heterocycles. The van der Waals surface area contributed by atoms with Crippen LogP contribution in [-0.2, 0) is 9.59 Å². The molecule has 2 amide bonds. The van der Waals surface area contributed by atoms with E-state index in [9.17, 15) is 9.59 Å². The lowest BCUT2D eigenvalue weighted by molar-refractivity contribution is -0.122. The number of anilines is 2. The molecule has 26 heavy (non-hydrogen) atoms. The van der Waals surface area contributed by atoms with Crippen molar-refractivity contribution in [1.82, 2.24) is 0 Å². The number of halogens is 1. The fraction of sp³-hybridized carbons (Fsp3) is 0.333. The Hall–Kier alpha value is -2.33. The zero-order valence-electron chi connectivity index (χ0n) is 15.3. The minimum atomic E-state index is -0.374. The van der Waals surface area contributed by atoms with Crippen molar-refractivity contribution in [3.05, 3.63) is 58.6 Å². The number of aryl methyl sites for hydroxylation is 1. The summed E-state index contributed by atoms with van der Waals surface area (Å²) in [7, 11) is 0. The van der Waals surface area contributed by atoms with Crippen LogP contribution in [0.1, 0.15) is 37.3 Å². The lowest BCUT2D eigenvalue weighted by Gasteiger charge is -2.24. The minimum absolute atomic E-state index is 0.00700. The average Bonchev–Trinajstić information content (AvgIpc) is 2.96. The lowest BCUT2D eigenvalue weighted by Crippen LogP contribution is -2.29. The van der Waals surface area contributed by atoms with Crippen molar-refractivity contribution < 1.29 is 9.59 Å². The zero-order valence-corrected chi connectivity index (χ0v) is 16.0. The molecule has 1 unspecified atom stereocenters. The van der Waals surface area contributed by atoms with Gasteiger partial charge in [-0.25, -0.2) is 0 Å². The van der Waals surface area contributed by atoms with Gasteiger partial charge in [-0.2, -0.15) is 0 Å². The highest BCUT2D eigenvalue weighted by atomic mass is 35.5.